The van der Waals surface area contributed by atoms with Gasteiger partial charge in [0.25, 0.3) is 0 Å². The number of aromatic nitrogens is 8. The van der Waals surface area contributed by atoms with Gasteiger partial charge in [0.15, 0.2) is 11.6 Å². The molecule has 1 N–H and O–H groups in total. The van der Waals surface area contributed by atoms with Gasteiger partial charge in [-0.25, -0.2) is 19.9 Å². The number of para-hydroxylation sites is 8. The molecule has 0 bridgehead atoms. The Morgan fingerprint density at radius 3 is 1.12 bits per heavy atom. The molecule has 20 aromatic rings. The number of nitrogens with one attached hydrogen (secondary N) is 1. The van der Waals surface area contributed by atoms with Crippen molar-refractivity contribution in [2.75, 3.05) is 0 Å². The number of benzene rings is 14. The van der Waals surface area contributed by atoms with Crippen LogP contribution in [-0.4, -0.2) is 38.6 Å². The third kappa shape index (κ3) is 10.7. The molecule has 0 aliphatic carbocycles. The van der Waals surface area contributed by atoms with Gasteiger partial charge in [0.2, 0.25) is 0 Å². The molecule has 0 fully saturated rings. The number of H-pyrrole nitrogens is 1. The largest absolute Gasteiger partial charge is 0.355 e. The van der Waals surface area contributed by atoms with E-state index in [4.69, 9.17) is 44.8 Å². The summed E-state index contributed by atoms with van der Waals surface area (Å²) in [6, 6.07) is 114. The zero-order valence-corrected chi connectivity index (χ0v) is 55.2. The van der Waals surface area contributed by atoms with E-state index in [-0.39, 0.29) is 0 Å². The van der Waals surface area contributed by atoms with Crippen LogP contribution in [-0.2, 0) is 0 Å². The molecule has 0 saturated heterocycles. The van der Waals surface area contributed by atoms with E-state index in [1.165, 1.54) is 104 Å². The van der Waals surface area contributed by atoms with Crippen LogP contribution in [0.4, 0.5) is 0 Å². The van der Waals surface area contributed by atoms with E-state index >= 15 is 0 Å². The Labute approximate surface area is 583 Å². The fourth-order valence-electron chi connectivity index (χ4n) is 14.2. The van der Waals surface area contributed by atoms with Gasteiger partial charge in [0.1, 0.15) is 11.0 Å². The molecule has 0 radical (unpaired) electrons. The third-order valence-electron chi connectivity index (χ3n) is 18.7. The summed E-state index contributed by atoms with van der Waals surface area (Å²) in [5, 5.41) is 13.5. The van der Waals surface area contributed by atoms with Gasteiger partial charge in [0, 0.05) is 97.4 Å². The maximum atomic E-state index is 6.40. The second-order valence-corrected chi connectivity index (χ2v) is 25.9. The molecule has 0 unspecified atom stereocenters. The van der Waals surface area contributed by atoms with E-state index in [9.17, 15) is 0 Å². The number of halogens is 3. The Balaban J connectivity index is 0.000000121. The van der Waals surface area contributed by atoms with E-state index in [1.807, 2.05) is 91.0 Å². The highest BCUT2D eigenvalue weighted by Crippen LogP contribution is 2.41. The van der Waals surface area contributed by atoms with Crippen LogP contribution in [0.15, 0.2) is 328 Å². The molecule has 8 nitrogen and oxygen atoms in total. The quantitative estimate of drug-likeness (QED) is 0.161. The molecule has 0 amide bonds. The summed E-state index contributed by atoms with van der Waals surface area (Å²) in [5.74, 6) is 2.07. The third-order valence-corrected chi connectivity index (χ3v) is 19.5. The van der Waals surface area contributed by atoms with Crippen molar-refractivity contribution in [3.05, 3.63) is 343 Å². The lowest BCUT2D eigenvalue weighted by atomic mass is 10.0. The molecule has 14 aromatic carbocycles. The van der Waals surface area contributed by atoms with Gasteiger partial charge in [-0.1, -0.05) is 217 Å². The fourth-order valence-corrected chi connectivity index (χ4v) is 14.8. The molecular weight excluding hydrogens is 1280 g/mol. The highest BCUT2D eigenvalue weighted by molar-refractivity contribution is 6.34. The maximum Gasteiger partial charge on any atom is 0.162 e. The lowest BCUT2D eigenvalue weighted by molar-refractivity contribution is 1.08. The van der Waals surface area contributed by atoms with Crippen LogP contribution in [0, 0.1) is 0 Å². The molecule has 0 atom stereocenters. The minimum Gasteiger partial charge on any atom is -0.355 e. The van der Waals surface area contributed by atoms with Crippen molar-refractivity contribution in [1.29, 1.82) is 0 Å². The average Bonchev–Trinajstić information content (AvgIpc) is 1.52. The second-order valence-electron chi connectivity index (χ2n) is 24.6. The first kappa shape index (κ1) is 59.3. The second kappa shape index (κ2) is 24.8. The van der Waals surface area contributed by atoms with E-state index in [0.29, 0.717) is 26.8 Å². The topological polar surface area (TPSA) is 82.1 Å². The Morgan fingerprint density at radius 2 is 0.606 bits per heavy atom. The first-order valence-electron chi connectivity index (χ1n) is 32.7. The number of rotatable bonds is 7. The molecule has 0 aliphatic rings. The van der Waals surface area contributed by atoms with Crippen LogP contribution in [0.5, 0.6) is 0 Å². The average molecular weight is 1330 g/mol. The predicted octanol–water partition coefficient (Wildman–Crippen LogP) is 24.5. The summed E-state index contributed by atoms with van der Waals surface area (Å²) in [6.45, 7) is 0. The summed E-state index contributed by atoms with van der Waals surface area (Å²) in [4.78, 5) is 22.5. The summed E-state index contributed by atoms with van der Waals surface area (Å²) in [7, 11) is 0. The first-order chi connectivity index (χ1) is 48.8. The van der Waals surface area contributed by atoms with Gasteiger partial charge in [0.05, 0.1) is 44.1 Å². The summed E-state index contributed by atoms with van der Waals surface area (Å²) in [5.41, 5.74) is 20.0. The molecular formula is C88H55Cl3N8. The Kier molecular flexibility index (Phi) is 14.9. The number of fused-ring (bicyclic) bond motifs is 14. The van der Waals surface area contributed by atoms with Gasteiger partial charge >= 0.3 is 0 Å². The van der Waals surface area contributed by atoms with Crippen LogP contribution in [0.3, 0.4) is 0 Å². The number of aromatic amines is 1. The zero-order chi connectivity index (χ0) is 66.1. The Bertz CT molecular complexity index is 6550. The molecule has 6 heterocycles. The van der Waals surface area contributed by atoms with E-state index in [2.05, 4.69) is 265 Å². The normalized spacial score (nSPS) is 11.6. The van der Waals surface area contributed by atoms with Gasteiger partial charge in [-0.05, 0) is 168 Å². The molecule has 6 aromatic heterocycles. The predicted molar refractivity (Wildman–Crippen MR) is 415 cm³/mol. The van der Waals surface area contributed by atoms with Gasteiger partial charge < -0.3 is 14.1 Å². The number of hydrogen-bond acceptors (Lipinski definition) is 4. The van der Waals surface area contributed by atoms with Crippen LogP contribution in [0.2, 0.25) is 15.2 Å². The van der Waals surface area contributed by atoms with Crippen LogP contribution >= 0.6 is 34.8 Å². The van der Waals surface area contributed by atoms with Crippen molar-refractivity contribution in [1.82, 2.24) is 38.6 Å². The lowest BCUT2D eigenvalue weighted by Gasteiger charge is -2.13. The minimum absolute atomic E-state index is 0.454. The SMILES string of the molecule is Clc1cccc(-c2nc(-n3c4ccccc4c4cc(-c5ccc6c(c5)c5ccccc5n6-c5ccccc5)ccc43)c3ccccc3n2)c1.Clc1cccc(-c2nc(Cl)c3ccccc3n2)c1.c1ccc(-n2c3ccccc3c3cc(-c4ccc5[nH]c6ccccc6c5c4)ccc32)cc1. The molecule has 468 valence electrons. The molecule has 0 aliphatic heterocycles. The fraction of sp³-hybridized carbons (Fsp3) is 0. The van der Waals surface area contributed by atoms with Gasteiger partial charge in [-0.2, -0.15) is 0 Å². The summed E-state index contributed by atoms with van der Waals surface area (Å²) < 4.78 is 7.00. The van der Waals surface area contributed by atoms with Crippen LogP contribution in [0.1, 0.15) is 0 Å². The molecule has 20 rings (SSSR count). The molecule has 0 spiro atoms. The standard InChI is InChI=1S/C44H27ClN4.C30H20N2.C14H8Cl2N2/c45-31-12-10-11-30(25-31)43-46-38-18-7-4-17-35(38)44(47-43)49-40-20-9-6-16-34(40)37-27-29(22-24-42(37)49)28-21-23-41-36(26-28)33-15-5-8-19-39(33)48(41)32-13-2-1-3-14-32;1-2-8-22(9-3-1)32-29-13-7-5-11-24(29)26-19-21(15-17-30(26)32)20-14-16-28-25(18-20)23-10-4-6-12-27(23)31-28;15-10-5-3-4-9(8-10)14-17-12-7-2-1-6-11(12)13(16)18-14/h1-27H;1-19,31H;1-8H. The van der Waals surface area contributed by atoms with Crippen molar-refractivity contribution in [3.8, 4) is 62.2 Å². The molecule has 11 heteroatoms. The Hall–Kier alpha value is -12.2. The van der Waals surface area contributed by atoms with Crippen molar-refractivity contribution in [2.45, 2.75) is 0 Å². The van der Waals surface area contributed by atoms with Gasteiger partial charge in [-0.15, -0.1) is 0 Å². The van der Waals surface area contributed by atoms with Crippen LogP contribution < -0.4 is 0 Å². The Morgan fingerprint density at radius 1 is 0.232 bits per heavy atom. The molecule has 99 heavy (non-hydrogen) atoms. The smallest absolute Gasteiger partial charge is 0.162 e. The van der Waals surface area contributed by atoms with Crippen molar-refractivity contribution >= 4 is 144 Å². The van der Waals surface area contributed by atoms with E-state index < -0.39 is 0 Å². The van der Waals surface area contributed by atoms with E-state index in [0.717, 1.165) is 55.5 Å². The number of hydrogen-bond donors (Lipinski definition) is 1. The zero-order valence-electron chi connectivity index (χ0n) is 52.9. The van der Waals surface area contributed by atoms with Crippen molar-refractivity contribution in [3.63, 3.8) is 0 Å². The summed E-state index contributed by atoms with van der Waals surface area (Å²) >= 11 is 18.5. The van der Waals surface area contributed by atoms with E-state index in [1.54, 1.807) is 0 Å². The first-order valence-corrected chi connectivity index (χ1v) is 33.9. The lowest BCUT2D eigenvalue weighted by Crippen LogP contribution is -2.02. The minimum atomic E-state index is 0.454. The van der Waals surface area contributed by atoms with Crippen molar-refractivity contribution in [2.24, 2.45) is 0 Å². The maximum absolute atomic E-state index is 6.40. The highest BCUT2D eigenvalue weighted by Gasteiger charge is 2.21. The van der Waals surface area contributed by atoms with Crippen molar-refractivity contribution < 1.29 is 0 Å². The molecule has 0 saturated carbocycles. The monoisotopic (exact) mass is 1330 g/mol. The number of nitrogens with zero attached hydrogens (tertiary/aromatic N) is 7. The highest BCUT2D eigenvalue weighted by atomic mass is 35.5. The summed E-state index contributed by atoms with van der Waals surface area (Å²) in [6.07, 6.45) is 0. The van der Waals surface area contributed by atoms with Gasteiger partial charge in [-0.3, -0.25) is 4.57 Å². The van der Waals surface area contributed by atoms with Crippen LogP contribution in [0.25, 0.3) is 171 Å².